The number of halogens is 1. The zero-order chi connectivity index (χ0) is 19.9. The van der Waals surface area contributed by atoms with Gasteiger partial charge in [0.15, 0.2) is 6.61 Å². The van der Waals surface area contributed by atoms with Crippen molar-refractivity contribution in [1.29, 1.82) is 0 Å². The van der Waals surface area contributed by atoms with Gasteiger partial charge in [-0.15, -0.1) is 0 Å². The molecule has 0 saturated carbocycles. The van der Waals surface area contributed by atoms with E-state index in [-0.39, 0.29) is 23.3 Å². The minimum Gasteiger partial charge on any atom is -0.480 e. The number of carboxylic acid groups (broad SMARTS) is 1. The lowest BCUT2D eigenvalue weighted by Gasteiger charge is -2.23. The van der Waals surface area contributed by atoms with Crippen LogP contribution in [0.3, 0.4) is 0 Å². The van der Waals surface area contributed by atoms with Gasteiger partial charge in [0.05, 0.1) is 23.7 Å². The number of rotatable bonds is 9. The molecular weight excluding hydrogens is 370 g/mol. The van der Waals surface area contributed by atoms with Crippen molar-refractivity contribution in [2.24, 2.45) is 5.41 Å². The van der Waals surface area contributed by atoms with Crippen molar-refractivity contribution in [1.82, 2.24) is 0 Å². The van der Waals surface area contributed by atoms with Gasteiger partial charge < -0.3 is 19.9 Å². The average molecular weight is 392 g/mol. The zero-order valence-electron chi connectivity index (χ0n) is 15.2. The fraction of sp³-hybridized carbons (Fsp3) is 0.300. The Bertz CT molecular complexity index is 792. The standard InChI is InChI=1S/C20H22ClNO5/c1-20(2,13-26-11-14-6-4-3-5-7-14)19(25)22-15-8-9-17(16(21)10-15)27-12-18(23)24/h3-10H,11-13H2,1-2H3,(H,22,25)(H,23,24). The van der Waals surface area contributed by atoms with Crippen molar-refractivity contribution in [3.8, 4) is 5.75 Å². The number of ether oxygens (including phenoxy) is 2. The van der Waals surface area contributed by atoms with E-state index in [9.17, 15) is 9.59 Å². The quantitative estimate of drug-likeness (QED) is 0.675. The fourth-order valence-corrected chi connectivity index (χ4v) is 2.43. The fourth-order valence-electron chi connectivity index (χ4n) is 2.20. The Morgan fingerprint density at radius 1 is 1.15 bits per heavy atom. The molecule has 1 amide bonds. The highest BCUT2D eigenvalue weighted by Crippen LogP contribution is 2.29. The van der Waals surface area contributed by atoms with E-state index in [1.807, 2.05) is 30.3 Å². The summed E-state index contributed by atoms with van der Waals surface area (Å²) in [7, 11) is 0. The van der Waals surface area contributed by atoms with E-state index in [1.54, 1.807) is 19.9 Å². The van der Waals surface area contributed by atoms with E-state index in [0.717, 1.165) is 5.56 Å². The molecule has 27 heavy (non-hydrogen) atoms. The van der Waals surface area contributed by atoms with Crippen LogP contribution in [0.2, 0.25) is 5.02 Å². The molecule has 0 fully saturated rings. The highest BCUT2D eigenvalue weighted by Gasteiger charge is 2.28. The second-order valence-corrected chi connectivity index (χ2v) is 7.05. The Hall–Kier alpha value is -2.57. The third-order valence-electron chi connectivity index (χ3n) is 3.73. The zero-order valence-corrected chi connectivity index (χ0v) is 16.0. The number of benzene rings is 2. The number of carbonyl (C=O) groups excluding carboxylic acids is 1. The predicted octanol–water partition coefficient (Wildman–Crippen LogP) is 3.98. The van der Waals surface area contributed by atoms with Gasteiger partial charge in [0.25, 0.3) is 0 Å². The molecule has 0 aromatic heterocycles. The van der Waals surface area contributed by atoms with Crippen molar-refractivity contribution < 1.29 is 24.2 Å². The summed E-state index contributed by atoms with van der Waals surface area (Å²) in [5, 5.41) is 11.6. The van der Waals surface area contributed by atoms with E-state index >= 15 is 0 Å². The van der Waals surface area contributed by atoms with Gasteiger partial charge in [-0.3, -0.25) is 4.79 Å². The molecule has 0 unspecified atom stereocenters. The first kappa shape index (κ1) is 20.7. The predicted molar refractivity (Wildman–Crippen MR) is 103 cm³/mol. The third kappa shape index (κ3) is 6.58. The summed E-state index contributed by atoms with van der Waals surface area (Å²) in [5.41, 5.74) is 0.779. The van der Waals surface area contributed by atoms with Gasteiger partial charge >= 0.3 is 5.97 Å². The summed E-state index contributed by atoms with van der Waals surface area (Å²) in [6.07, 6.45) is 0. The van der Waals surface area contributed by atoms with Crippen LogP contribution in [0.1, 0.15) is 19.4 Å². The Morgan fingerprint density at radius 3 is 2.48 bits per heavy atom. The van der Waals surface area contributed by atoms with Crippen LogP contribution in [0, 0.1) is 5.41 Å². The Kier molecular flexibility index (Phi) is 7.21. The van der Waals surface area contributed by atoms with Crippen LogP contribution >= 0.6 is 11.6 Å². The summed E-state index contributed by atoms with van der Waals surface area (Å²) in [6, 6.07) is 14.4. The molecule has 0 aliphatic heterocycles. The molecule has 2 aromatic rings. The number of carboxylic acids is 1. The van der Waals surface area contributed by atoms with E-state index < -0.39 is 18.0 Å². The monoisotopic (exact) mass is 391 g/mol. The maximum absolute atomic E-state index is 12.5. The minimum absolute atomic E-state index is 0.215. The molecule has 2 N–H and O–H groups in total. The smallest absolute Gasteiger partial charge is 0.341 e. The molecule has 6 nitrogen and oxygen atoms in total. The van der Waals surface area contributed by atoms with Crippen LogP contribution in [0.25, 0.3) is 0 Å². The number of nitrogens with one attached hydrogen (secondary N) is 1. The molecule has 2 rings (SSSR count). The number of hydrogen-bond acceptors (Lipinski definition) is 4. The largest absolute Gasteiger partial charge is 0.480 e. The molecule has 0 atom stereocenters. The topological polar surface area (TPSA) is 84.9 Å². The summed E-state index contributed by atoms with van der Waals surface area (Å²) in [6.45, 7) is 3.77. The van der Waals surface area contributed by atoms with Gasteiger partial charge in [-0.2, -0.15) is 0 Å². The van der Waals surface area contributed by atoms with Crippen molar-refractivity contribution in [3.05, 3.63) is 59.1 Å². The molecule has 0 heterocycles. The molecule has 2 aromatic carbocycles. The Morgan fingerprint density at radius 2 is 1.85 bits per heavy atom. The lowest BCUT2D eigenvalue weighted by molar-refractivity contribution is -0.139. The van der Waals surface area contributed by atoms with Crippen LogP contribution in [0.4, 0.5) is 5.69 Å². The van der Waals surface area contributed by atoms with Crippen LogP contribution in [0.5, 0.6) is 5.75 Å². The number of carbonyl (C=O) groups is 2. The van der Waals surface area contributed by atoms with Crippen LogP contribution < -0.4 is 10.1 Å². The summed E-state index contributed by atoms with van der Waals surface area (Å²) in [5.74, 6) is -1.07. The lowest BCUT2D eigenvalue weighted by Crippen LogP contribution is -2.35. The van der Waals surface area contributed by atoms with E-state index in [4.69, 9.17) is 26.2 Å². The third-order valence-corrected chi connectivity index (χ3v) is 4.03. The van der Waals surface area contributed by atoms with Crippen LogP contribution in [0.15, 0.2) is 48.5 Å². The summed E-state index contributed by atoms with van der Waals surface area (Å²) >= 11 is 6.07. The molecule has 0 aliphatic carbocycles. The number of hydrogen-bond donors (Lipinski definition) is 2. The normalized spacial score (nSPS) is 11.1. The highest BCUT2D eigenvalue weighted by atomic mass is 35.5. The van der Waals surface area contributed by atoms with Crippen molar-refractivity contribution in [3.63, 3.8) is 0 Å². The lowest BCUT2D eigenvalue weighted by atomic mass is 9.93. The molecule has 0 saturated heterocycles. The first-order valence-corrected chi connectivity index (χ1v) is 8.73. The van der Waals surface area contributed by atoms with Gasteiger partial charge in [0.2, 0.25) is 5.91 Å². The molecule has 0 spiro atoms. The maximum Gasteiger partial charge on any atom is 0.341 e. The van der Waals surface area contributed by atoms with E-state index in [0.29, 0.717) is 12.3 Å². The molecular formula is C20H22ClNO5. The number of anilines is 1. The second-order valence-electron chi connectivity index (χ2n) is 6.64. The minimum atomic E-state index is -1.10. The molecule has 0 aliphatic rings. The summed E-state index contributed by atoms with van der Waals surface area (Å²) in [4.78, 5) is 23.1. The highest BCUT2D eigenvalue weighted by molar-refractivity contribution is 6.32. The Balaban J connectivity index is 1.90. The van der Waals surface area contributed by atoms with Gasteiger partial charge in [-0.05, 0) is 37.6 Å². The molecule has 0 bridgehead atoms. The van der Waals surface area contributed by atoms with Gasteiger partial charge in [0, 0.05) is 5.69 Å². The van der Waals surface area contributed by atoms with E-state index in [1.165, 1.54) is 12.1 Å². The molecule has 7 heteroatoms. The first-order chi connectivity index (χ1) is 12.8. The van der Waals surface area contributed by atoms with Crippen LogP contribution in [-0.2, 0) is 20.9 Å². The van der Waals surface area contributed by atoms with Gasteiger partial charge in [0.1, 0.15) is 5.75 Å². The van der Waals surface area contributed by atoms with Crippen molar-refractivity contribution in [2.45, 2.75) is 20.5 Å². The number of aliphatic carboxylic acids is 1. The van der Waals surface area contributed by atoms with Crippen molar-refractivity contribution >= 4 is 29.2 Å². The van der Waals surface area contributed by atoms with Crippen LogP contribution in [-0.4, -0.2) is 30.2 Å². The maximum atomic E-state index is 12.5. The number of amides is 1. The van der Waals surface area contributed by atoms with Gasteiger partial charge in [-0.1, -0.05) is 41.9 Å². The first-order valence-electron chi connectivity index (χ1n) is 8.35. The average Bonchev–Trinajstić information content (AvgIpc) is 2.61. The molecule has 144 valence electrons. The molecule has 0 radical (unpaired) electrons. The van der Waals surface area contributed by atoms with Crippen molar-refractivity contribution in [2.75, 3.05) is 18.5 Å². The summed E-state index contributed by atoms with van der Waals surface area (Å²) < 4.78 is 10.7. The second kappa shape index (κ2) is 9.39. The Labute approximate surface area is 163 Å². The SMILES string of the molecule is CC(C)(COCc1ccccc1)C(=O)Nc1ccc(OCC(=O)O)c(Cl)c1. The van der Waals surface area contributed by atoms with Gasteiger partial charge in [-0.25, -0.2) is 4.79 Å². The van der Waals surface area contributed by atoms with E-state index in [2.05, 4.69) is 5.32 Å².